The summed E-state index contributed by atoms with van der Waals surface area (Å²) in [6, 6.07) is 3.49. The topological polar surface area (TPSA) is 67.4 Å². The second-order valence-corrected chi connectivity index (χ2v) is 4.39. The lowest BCUT2D eigenvalue weighted by Crippen LogP contribution is -2.28. The van der Waals surface area contributed by atoms with Gasteiger partial charge in [-0.2, -0.15) is 0 Å². The summed E-state index contributed by atoms with van der Waals surface area (Å²) in [5, 5.41) is 5.20. The normalized spacial score (nSPS) is 14.6. The van der Waals surface area contributed by atoms with Crippen LogP contribution in [0.1, 0.15) is 10.4 Å². The van der Waals surface area contributed by atoms with E-state index >= 15 is 0 Å². The number of nitrogens with one attached hydrogen (secondary N) is 2. The molecule has 84 valence electrons. The smallest absolute Gasteiger partial charge is 0.257 e. The number of hydrogen-bond donors (Lipinski definition) is 2. The van der Waals surface area contributed by atoms with Gasteiger partial charge in [0.25, 0.3) is 5.91 Å². The Hall–Kier alpha value is -1.31. The van der Waals surface area contributed by atoms with Crippen LogP contribution >= 0.6 is 22.6 Å². The molecular formula is C10H9IN2O3. The number of anilines is 1. The van der Waals surface area contributed by atoms with Gasteiger partial charge in [0.15, 0.2) is 0 Å². The molecule has 1 heterocycles. The molecule has 1 aromatic carbocycles. The molecular weight excluding hydrogens is 323 g/mol. The zero-order valence-electron chi connectivity index (χ0n) is 8.46. The standard InChI is InChI=1S/C10H9IN2O3/c1-16-6-3-2-5(11)9-8(6)10(15)12-4-7(14)13-9/h2-3H,4H2,1H3,(H,12,15)(H,13,14). The van der Waals surface area contributed by atoms with Crippen molar-refractivity contribution in [1.82, 2.24) is 5.32 Å². The number of ether oxygens (including phenoxy) is 1. The van der Waals surface area contributed by atoms with E-state index in [-0.39, 0.29) is 18.4 Å². The molecule has 0 aliphatic carbocycles. The molecule has 1 aliphatic rings. The van der Waals surface area contributed by atoms with Crippen molar-refractivity contribution in [3.05, 3.63) is 21.3 Å². The number of halogens is 1. The van der Waals surface area contributed by atoms with Crippen LogP contribution in [0.5, 0.6) is 5.75 Å². The number of fused-ring (bicyclic) bond motifs is 1. The van der Waals surface area contributed by atoms with Crippen LogP contribution in [-0.4, -0.2) is 25.5 Å². The minimum atomic E-state index is -0.302. The molecule has 1 aromatic rings. The van der Waals surface area contributed by atoms with Gasteiger partial charge in [-0.1, -0.05) is 0 Å². The van der Waals surface area contributed by atoms with E-state index in [1.54, 1.807) is 12.1 Å². The number of methoxy groups -OCH3 is 1. The summed E-state index contributed by atoms with van der Waals surface area (Å²) < 4.78 is 5.92. The van der Waals surface area contributed by atoms with Gasteiger partial charge in [-0.25, -0.2) is 0 Å². The number of carbonyl (C=O) groups is 2. The summed E-state index contributed by atoms with van der Waals surface area (Å²) >= 11 is 2.06. The van der Waals surface area contributed by atoms with Crippen molar-refractivity contribution < 1.29 is 14.3 Å². The van der Waals surface area contributed by atoms with E-state index in [1.807, 2.05) is 0 Å². The lowest BCUT2D eigenvalue weighted by atomic mass is 10.1. The Morgan fingerprint density at radius 3 is 2.81 bits per heavy atom. The lowest BCUT2D eigenvalue weighted by Gasteiger charge is -2.11. The van der Waals surface area contributed by atoms with E-state index < -0.39 is 0 Å². The maximum atomic E-state index is 11.8. The van der Waals surface area contributed by atoms with Gasteiger partial charge in [0, 0.05) is 3.57 Å². The van der Waals surface area contributed by atoms with Gasteiger partial charge in [0.1, 0.15) is 11.3 Å². The third-order valence-corrected chi connectivity index (χ3v) is 3.14. The first kappa shape index (κ1) is 11.2. The highest BCUT2D eigenvalue weighted by atomic mass is 127. The van der Waals surface area contributed by atoms with Gasteiger partial charge >= 0.3 is 0 Å². The SMILES string of the molecule is COc1ccc(I)c2c1C(=O)NCC(=O)N2. The molecule has 2 rings (SSSR count). The zero-order chi connectivity index (χ0) is 11.7. The van der Waals surface area contributed by atoms with Gasteiger partial charge < -0.3 is 15.4 Å². The van der Waals surface area contributed by atoms with Crippen LogP contribution in [0, 0.1) is 3.57 Å². The first-order valence-electron chi connectivity index (χ1n) is 4.58. The van der Waals surface area contributed by atoms with E-state index in [9.17, 15) is 9.59 Å². The molecule has 0 radical (unpaired) electrons. The largest absolute Gasteiger partial charge is 0.496 e. The monoisotopic (exact) mass is 332 g/mol. The molecule has 0 saturated heterocycles. The van der Waals surface area contributed by atoms with Crippen LogP contribution in [0.25, 0.3) is 0 Å². The molecule has 0 unspecified atom stereocenters. The van der Waals surface area contributed by atoms with Gasteiger partial charge in [-0.3, -0.25) is 9.59 Å². The van der Waals surface area contributed by atoms with Gasteiger partial charge in [0.2, 0.25) is 5.91 Å². The summed E-state index contributed by atoms with van der Waals surface area (Å²) in [5.41, 5.74) is 0.889. The molecule has 0 spiro atoms. The van der Waals surface area contributed by atoms with Crippen molar-refractivity contribution in [1.29, 1.82) is 0 Å². The quantitative estimate of drug-likeness (QED) is 0.754. The number of rotatable bonds is 1. The summed E-state index contributed by atoms with van der Waals surface area (Å²) in [5.74, 6) is -0.0860. The molecule has 16 heavy (non-hydrogen) atoms. The Balaban J connectivity index is 2.65. The Bertz CT molecular complexity index is 473. The molecule has 0 bridgehead atoms. The predicted molar refractivity (Wildman–Crippen MR) is 66.7 cm³/mol. The zero-order valence-corrected chi connectivity index (χ0v) is 10.6. The van der Waals surface area contributed by atoms with Gasteiger partial charge in [-0.15, -0.1) is 0 Å². The van der Waals surface area contributed by atoms with Gasteiger partial charge in [-0.05, 0) is 34.7 Å². The Kier molecular flexibility index (Phi) is 2.99. The maximum absolute atomic E-state index is 11.8. The second-order valence-electron chi connectivity index (χ2n) is 3.23. The van der Waals surface area contributed by atoms with Crippen LogP contribution < -0.4 is 15.4 Å². The minimum Gasteiger partial charge on any atom is -0.496 e. The fraction of sp³-hybridized carbons (Fsp3) is 0.200. The first-order valence-corrected chi connectivity index (χ1v) is 5.66. The Morgan fingerprint density at radius 2 is 2.12 bits per heavy atom. The molecule has 0 fully saturated rings. The summed E-state index contributed by atoms with van der Waals surface area (Å²) in [6.45, 7) is -0.0211. The highest BCUT2D eigenvalue weighted by molar-refractivity contribution is 14.1. The van der Waals surface area contributed by atoms with E-state index in [1.165, 1.54) is 7.11 Å². The summed E-state index contributed by atoms with van der Waals surface area (Å²) in [6.07, 6.45) is 0. The van der Waals surface area contributed by atoms with E-state index in [0.29, 0.717) is 17.0 Å². The van der Waals surface area contributed by atoms with Crippen molar-refractivity contribution in [3.63, 3.8) is 0 Å². The van der Waals surface area contributed by atoms with Crippen molar-refractivity contribution in [2.75, 3.05) is 19.0 Å². The Morgan fingerprint density at radius 1 is 1.38 bits per heavy atom. The first-order chi connectivity index (χ1) is 7.63. The van der Waals surface area contributed by atoms with Crippen LogP contribution in [0.3, 0.4) is 0 Å². The average molecular weight is 332 g/mol. The highest BCUT2D eigenvalue weighted by Gasteiger charge is 2.24. The number of hydrogen-bond acceptors (Lipinski definition) is 3. The van der Waals surface area contributed by atoms with Crippen LogP contribution in [0.15, 0.2) is 12.1 Å². The average Bonchev–Trinajstić information content (AvgIpc) is 2.42. The van der Waals surface area contributed by atoms with Crippen molar-refractivity contribution in [2.24, 2.45) is 0 Å². The summed E-state index contributed by atoms with van der Waals surface area (Å²) in [7, 11) is 1.49. The van der Waals surface area contributed by atoms with Crippen molar-refractivity contribution in [2.45, 2.75) is 0 Å². The molecule has 0 aromatic heterocycles. The fourth-order valence-electron chi connectivity index (χ4n) is 1.51. The van der Waals surface area contributed by atoms with Crippen LogP contribution in [-0.2, 0) is 4.79 Å². The van der Waals surface area contributed by atoms with Crippen LogP contribution in [0.2, 0.25) is 0 Å². The highest BCUT2D eigenvalue weighted by Crippen LogP contribution is 2.31. The molecule has 1 aliphatic heterocycles. The Labute approximate surface area is 106 Å². The van der Waals surface area contributed by atoms with Crippen LogP contribution in [0.4, 0.5) is 5.69 Å². The fourth-order valence-corrected chi connectivity index (χ4v) is 2.09. The van der Waals surface area contributed by atoms with Crippen molar-refractivity contribution in [3.8, 4) is 5.75 Å². The minimum absolute atomic E-state index is 0.0211. The number of benzene rings is 1. The third-order valence-electron chi connectivity index (χ3n) is 2.24. The molecule has 0 saturated carbocycles. The van der Waals surface area contributed by atoms with Gasteiger partial charge in [0.05, 0.1) is 19.3 Å². The van der Waals surface area contributed by atoms with E-state index in [0.717, 1.165) is 3.57 Å². The predicted octanol–water partition coefficient (Wildman–Crippen LogP) is 0.982. The van der Waals surface area contributed by atoms with E-state index in [4.69, 9.17) is 4.74 Å². The number of carbonyl (C=O) groups excluding carboxylic acids is 2. The number of amides is 2. The molecule has 2 N–H and O–H groups in total. The van der Waals surface area contributed by atoms with Crippen molar-refractivity contribution >= 4 is 40.1 Å². The lowest BCUT2D eigenvalue weighted by molar-refractivity contribution is -0.115. The molecule has 0 atom stereocenters. The molecule has 6 heteroatoms. The molecule has 2 amide bonds. The third kappa shape index (κ3) is 1.84. The summed E-state index contributed by atoms with van der Waals surface area (Å²) in [4.78, 5) is 23.2. The maximum Gasteiger partial charge on any atom is 0.257 e. The van der Waals surface area contributed by atoms with E-state index in [2.05, 4.69) is 33.2 Å². The molecule has 5 nitrogen and oxygen atoms in total. The second kappa shape index (κ2) is 4.28.